The van der Waals surface area contributed by atoms with Crippen molar-refractivity contribution in [3.63, 3.8) is 0 Å². The van der Waals surface area contributed by atoms with Gasteiger partial charge in [0.15, 0.2) is 6.61 Å². The Kier molecular flexibility index (Phi) is 8.52. The molecule has 0 aliphatic rings. The first-order chi connectivity index (χ1) is 11.3. The molecule has 1 amide bonds. The van der Waals surface area contributed by atoms with Crippen molar-refractivity contribution in [2.24, 2.45) is 5.92 Å². The van der Waals surface area contributed by atoms with E-state index >= 15 is 0 Å². The van der Waals surface area contributed by atoms with Crippen LogP contribution in [0.4, 0.5) is 0 Å². The third kappa shape index (κ3) is 7.07. The predicted molar refractivity (Wildman–Crippen MR) is 94.9 cm³/mol. The summed E-state index contributed by atoms with van der Waals surface area (Å²) < 4.78 is 31.8. The number of amides is 1. The Bertz CT molecular complexity index is 647. The summed E-state index contributed by atoms with van der Waals surface area (Å²) in [5.41, 5.74) is 0. The molecular weight excluding hydrogens is 352 g/mol. The van der Waals surface area contributed by atoms with E-state index < -0.39 is 10.0 Å². The maximum Gasteiger partial charge on any atom is 0.257 e. The molecule has 0 aromatic heterocycles. The van der Waals surface area contributed by atoms with Crippen molar-refractivity contribution in [3.05, 3.63) is 23.2 Å². The Morgan fingerprint density at radius 3 is 2.58 bits per heavy atom. The van der Waals surface area contributed by atoms with Crippen LogP contribution in [0, 0.1) is 5.92 Å². The maximum absolute atomic E-state index is 12.0. The highest BCUT2D eigenvalue weighted by molar-refractivity contribution is 7.89. The molecule has 1 aromatic carbocycles. The molecule has 24 heavy (non-hydrogen) atoms. The van der Waals surface area contributed by atoms with Crippen LogP contribution in [0.2, 0.25) is 5.02 Å². The first-order valence-corrected chi connectivity index (χ1v) is 9.81. The van der Waals surface area contributed by atoms with Gasteiger partial charge in [-0.05, 0) is 37.0 Å². The van der Waals surface area contributed by atoms with Gasteiger partial charge in [0.2, 0.25) is 10.0 Å². The molecule has 8 heteroatoms. The number of carbonyl (C=O) groups excluding carboxylic acids is 1. The zero-order valence-electron chi connectivity index (χ0n) is 14.3. The molecule has 0 aliphatic carbocycles. The van der Waals surface area contributed by atoms with E-state index in [-0.39, 0.29) is 28.2 Å². The number of hydrogen-bond acceptors (Lipinski definition) is 4. The number of nitrogens with one attached hydrogen (secondary N) is 2. The van der Waals surface area contributed by atoms with E-state index in [1.807, 2.05) is 6.92 Å². The number of rotatable bonds is 10. The van der Waals surface area contributed by atoms with E-state index in [2.05, 4.69) is 23.9 Å². The number of hydrogen-bond donors (Lipinski definition) is 2. The Labute approximate surface area is 149 Å². The van der Waals surface area contributed by atoms with Crippen LogP contribution in [0.25, 0.3) is 0 Å². The summed E-state index contributed by atoms with van der Waals surface area (Å²) in [4.78, 5) is 11.7. The molecule has 0 aliphatic heterocycles. The number of ether oxygens (including phenoxy) is 1. The average molecular weight is 377 g/mol. The molecule has 1 rings (SSSR count). The second kappa shape index (κ2) is 9.86. The van der Waals surface area contributed by atoms with Gasteiger partial charge in [0.25, 0.3) is 5.91 Å². The summed E-state index contributed by atoms with van der Waals surface area (Å²) in [6.07, 6.45) is 1.59. The van der Waals surface area contributed by atoms with Crippen molar-refractivity contribution in [1.29, 1.82) is 0 Å². The van der Waals surface area contributed by atoms with Gasteiger partial charge in [-0.25, -0.2) is 13.1 Å². The number of carbonyl (C=O) groups is 1. The fourth-order valence-corrected chi connectivity index (χ4v) is 3.24. The van der Waals surface area contributed by atoms with E-state index in [0.717, 1.165) is 6.42 Å². The van der Waals surface area contributed by atoms with Gasteiger partial charge in [0, 0.05) is 13.1 Å². The predicted octanol–water partition coefficient (Wildman–Crippen LogP) is 2.57. The monoisotopic (exact) mass is 376 g/mol. The highest BCUT2D eigenvalue weighted by Crippen LogP contribution is 2.27. The lowest BCUT2D eigenvalue weighted by Gasteiger charge is -2.11. The first kappa shape index (κ1) is 20.7. The summed E-state index contributed by atoms with van der Waals surface area (Å²) in [7, 11) is -3.58. The lowest BCUT2D eigenvalue weighted by molar-refractivity contribution is -0.123. The Morgan fingerprint density at radius 1 is 1.29 bits per heavy atom. The van der Waals surface area contributed by atoms with Gasteiger partial charge in [-0.3, -0.25) is 4.79 Å². The molecule has 0 fully saturated rings. The fourth-order valence-electron chi connectivity index (χ4n) is 1.78. The van der Waals surface area contributed by atoms with Gasteiger partial charge in [-0.15, -0.1) is 0 Å². The minimum atomic E-state index is -3.58. The highest BCUT2D eigenvalue weighted by atomic mass is 35.5. The van der Waals surface area contributed by atoms with Crippen molar-refractivity contribution < 1.29 is 17.9 Å². The third-order valence-electron chi connectivity index (χ3n) is 3.16. The van der Waals surface area contributed by atoms with Crippen molar-refractivity contribution in [2.45, 2.75) is 38.5 Å². The molecular formula is C16H25ClN2O4S. The number of sulfonamides is 1. The molecule has 0 unspecified atom stereocenters. The van der Waals surface area contributed by atoms with Gasteiger partial charge in [-0.2, -0.15) is 0 Å². The average Bonchev–Trinajstić information content (AvgIpc) is 2.51. The minimum absolute atomic E-state index is 0.0645. The van der Waals surface area contributed by atoms with E-state index in [1.165, 1.54) is 18.2 Å². The topological polar surface area (TPSA) is 84.5 Å². The Hall–Kier alpha value is -1.31. The molecule has 6 nitrogen and oxygen atoms in total. The van der Waals surface area contributed by atoms with Crippen LogP contribution >= 0.6 is 11.6 Å². The van der Waals surface area contributed by atoms with Crippen LogP contribution in [-0.2, 0) is 14.8 Å². The van der Waals surface area contributed by atoms with Crippen LogP contribution in [-0.4, -0.2) is 34.0 Å². The van der Waals surface area contributed by atoms with Crippen molar-refractivity contribution in [1.82, 2.24) is 10.0 Å². The van der Waals surface area contributed by atoms with Crippen LogP contribution in [0.1, 0.15) is 33.6 Å². The first-order valence-electron chi connectivity index (χ1n) is 7.95. The van der Waals surface area contributed by atoms with Crippen LogP contribution in [0.5, 0.6) is 5.75 Å². The molecule has 0 atom stereocenters. The van der Waals surface area contributed by atoms with Crippen molar-refractivity contribution >= 4 is 27.5 Å². The molecule has 0 heterocycles. The summed E-state index contributed by atoms with van der Waals surface area (Å²) in [6, 6.07) is 4.16. The summed E-state index contributed by atoms with van der Waals surface area (Å²) in [5, 5.41) is 2.89. The molecule has 136 valence electrons. The van der Waals surface area contributed by atoms with Crippen molar-refractivity contribution in [2.75, 3.05) is 19.7 Å². The van der Waals surface area contributed by atoms with E-state index in [9.17, 15) is 13.2 Å². The second-order valence-electron chi connectivity index (χ2n) is 5.81. The van der Waals surface area contributed by atoms with Crippen molar-refractivity contribution in [3.8, 4) is 5.75 Å². The maximum atomic E-state index is 12.0. The van der Waals surface area contributed by atoms with Gasteiger partial charge >= 0.3 is 0 Å². The summed E-state index contributed by atoms with van der Waals surface area (Å²) in [5.74, 6) is 0.537. The molecule has 0 spiro atoms. The number of halogens is 1. The van der Waals surface area contributed by atoms with Crippen LogP contribution in [0.3, 0.4) is 0 Å². The SMILES string of the molecule is CCCNS(=O)(=O)c1ccc(OCC(=O)NCCC(C)C)c(Cl)c1. The molecule has 0 saturated heterocycles. The van der Waals surface area contributed by atoms with Crippen LogP contribution in [0.15, 0.2) is 23.1 Å². The summed E-state index contributed by atoms with van der Waals surface area (Å²) in [6.45, 7) is 6.81. The Morgan fingerprint density at radius 2 is 2.00 bits per heavy atom. The summed E-state index contributed by atoms with van der Waals surface area (Å²) >= 11 is 6.05. The largest absolute Gasteiger partial charge is 0.482 e. The molecule has 0 radical (unpaired) electrons. The van der Waals surface area contributed by atoms with E-state index in [4.69, 9.17) is 16.3 Å². The van der Waals surface area contributed by atoms with Gasteiger partial charge < -0.3 is 10.1 Å². The smallest absolute Gasteiger partial charge is 0.257 e. The molecule has 2 N–H and O–H groups in total. The standard InChI is InChI=1S/C16H25ClN2O4S/c1-4-8-19-24(21,22)13-5-6-15(14(17)10-13)23-11-16(20)18-9-7-12(2)3/h5-6,10,12,19H,4,7-9,11H2,1-3H3,(H,18,20). The van der Waals surface area contributed by atoms with E-state index in [0.29, 0.717) is 25.4 Å². The van der Waals surface area contributed by atoms with E-state index in [1.54, 1.807) is 0 Å². The zero-order valence-corrected chi connectivity index (χ0v) is 15.8. The lowest BCUT2D eigenvalue weighted by atomic mass is 10.1. The molecule has 1 aromatic rings. The highest BCUT2D eigenvalue weighted by Gasteiger charge is 2.15. The third-order valence-corrected chi connectivity index (χ3v) is 4.91. The molecule has 0 saturated carbocycles. The second-order valence-corrected chi connectivity index (χ2v) is 7.99. The zero-order chi connectivity index (χ0) is 18.2. The van der Waals surface area contributed by atoms with Gasteiger partial charge in [-0.1, -0.05) is 32.4 Å². The van der Waals surface area contributed by atoms with Gasteiger partial charge in [0.1, 0.15) is 5.75 Å². The fraction of sp³-hybridized carbons (Fsp3) is 0.562. The molecule has 0 bridgehead atoms. The van der Waals surface area contributed by atoms with Gasteiger partial charge in [0.05, 0.1) is 9.92 Å². The normalized spacial score (nSPS) is 11.5. The quantitative estimate of drug-likeness (QED) is 0.657. The Balaban J connectivity index is 2.61. The van der Waals surface area contributed by atoms with Crippen LogP contribution < -0.4 is 14.8 Å². The lowest BCUT2D eigenvalue weighted by Crippen LogP contribution is -2.30. The number of benzene rings is 1. The minimum Gasteiger partial charge on any atom is -0.482 e.